The van der Waals surface area contributed by atoms with Crippen molar-refractivity contribution in [2.45, 2.75) is 13.8 Å². The molecule has 0 aliphatic carbocycles. The van der Waals surface area contributed by atoms with Crippen LogP contribution in [0.2, 0.25) is 0 Å². The Morgan fingerprint density at radius 1 is 0.800 bits per heavy atom. The van der Waals surface area contributed by atoms with Gasteiger partial charge < -0.3 is 20.1 Å². The summed E-state index contributed by atoms with van der Waals surface area (Å²) in [6, 6.07) is 0. The van der Waals surface area contributed by atoms with Crippen LogP contribution in [-0.2, 0) is 28.7 Å². The van der Waals surface area contributed by atoms with Crippen molar-refractivity contribution in [3.63, 3.8) is 0 Å². The molecule has 0 atom stereocenters. The number of carbonyl (C=O) groups excluding carboxylic acids is 4. The van der Waals surface area contributed by atoms with E-state index in [1.807, 2.05) is 0 Å². The van der Waals surface area contributed by atoms with E-state index in [1.165, 1.54) is 0 Å². The Labute approximate surface area is 147 Å². The topological polar surface area (TPSA) is 111 Å². The molecule has 8 heteroatoms. The maximum Gasteiger partial charge on any atom is 0.333 e. The lowest BCUT2D eigenvalue weighted by Crippen LogP contribution is -2.35. The van der Waals surface area contributed by atoms with Crippen LogP contribution >= 0.6 is 0 Å². The van der Waals surface area contributed by atoms with Crippen LogP contribution in [0.1, 0.15) is 13.8 Å². The van der Waals surface area contributed by atoms with E-state index in [0.717, 1.165) is 12.2 Å². The Kier molecular flexibility index (Phi) is 13.9. The first-order chi connectivity index (χ1) is 11.6. The summed E-state index contributed by atoms with van der Waals surface area (Å²) in [5.74, 6) is -1.63. The van der Waals surface area contributed by atoms with Crippen molar-refractivity contribution >= 4 is 23.8 Å². The number of amides is 2. The summed E-state index contributed by atoms with van der Waals surface area (Å²) in [6.07, 6.45) is 2.25. The van der Waals surface area contributed by atoms with E-state index in [4.69, 9.17) is 0 Å². The Morgan fingerprint density at radius 3 is 1.36 bits per heavy atom. The number of nitrogens with one attached hydrogen (secondary N) is 2. The van der Waals surface area contributed by atoms with Gasteiger partial charge in [0.05, 0.1) is 6.67 Å². The Bertz CT molecular complexity index is 503. The van der Waals surface area contributed by atoms with Gasteiger partial charge in [-0.15, -0.1) is 0 Å². The second-order valence-corrected chi connectivity index (χ2v) is 4.50. The van der Waals surface area contributed by atoms with Crippen molar-refractivity contribution < 1.29 is 28.7 Å². The Morgan fingerprint density at radius 2 is 1.12 bits per heavy atom. The Balaban J connectivity index is 0. The van der Waals surface area contributed by atoms with Gasteiger partial charge in [0, 0.05) is 11.1 Å². The van der Waals surface area contributed by atoms with Gasteiger partial charge in [-0.2, -0.15) is 0 Å². The number of ether oxygens (including phenoxy) is 2. The highest BCUT2D eigenvalue weighted by atomic mass is 16.6. The zero-order valence-electron chi connectivity index (χ0n) is 14.6. The molecule has 8 nitrogen and oxygen atoms in total. The second-order valence-electron chi connectivity index (χ2n) is 4.50. The van der Waals surface area contributed by atoms with Crippen LogP contribution in [0.15, 0.2) is 49.6 Å². The standard InChI is InChI=1S/C10H14O4.C7H10N2O2/c1-7(2)9(11)13-5-6-14-10(12)8(3)4;1-3-6(10)8-5-9-7(11)4-2/h1,3,5-6H2,2,4H3;3-4H,1-2,5H2,(H,8,10)(H,9,11). The molecular weight excluding hydrogens is 328 g/mol. The molecule has 0 radical (unpaired) electrons. The predicted molar refractivity (Wildman–Crippen MR) is 93.1 cm³/mol. The number of hydrogen-bond donors (Lipinski definition) is 2. The predicted octanol–water partition coefficient (Wildman–Crippen LogP) is 0.773. The fourth-order valence-electron chi connectivity index (χ4n) is 0.878. The lowest BCUT2D eigenvalue weighted by Gasteiger charge is -2.05. The summed E-state index contributed by atoms with van der Waals surface area (Å²) in [5, 5.41) is 4.72. The summed E-state index contributed by atoms with van der Waals surface area (Å²) < 4.78 is 9.38. The molecule has 2 amide bonds. The summed E-state index contributed by atoms with van der Waals surface area (Å²) in [5.41, 5.74) is 0.632. The molecule has 2 N–H and O–H groups in total. The fourth-order valence-corrected chi connectivity index (χ4v) is 0.878. The molecule has 0 rings (SSSR count). The summed E-state index contributed by atoms with van der Waals surface area (Å²) in [7, 11) is 0. The third-order valence-electron chi connectivity index (χ3n) is 2.14. The minimum atomic E-state index is -0.489. The molecule has 0 aromatic rings. The summed E-state index contributed by atoms with van der Waals surface area (Å²) in [4.78, 5) is 42.6. The van der Waals surface area contributed by atoms with Crippen LogP contribution in [0.3, 0.4) is 0 Å². The molecule has 0 spiro atoms. The quantitative estimate of drug-likeness (QED) is 0.274. The average molecular weight is 352 g/mol. The van der Waals surface area contributed by atoms with Crippen LogP contribution in [0.4, 0.5) is 0 Å². The highest BCUT2D eigenvalue weighted by Gasteiger charge is 2.05. The number of hydrogen-bond acceptors (Lipinski definition) is 6. The first-order valence-electron chi connectivity index (χ1n) is 7.11. The van der Waals surface area contributed by atoms with Crippen molar-refractivity contribution in [2.24, 2.45) is 0 Å². The Hall–Kier alpha value is -3.16. The molecule has 0 aliphatic rings. The smallest absolute Gasteiger partial charge is 0.333 e. The van der Waals surface area contributed by atoms with E-state index in [-0.39, 0.29) is 31.7 Å². The first-order valence-corrected chi connectivity index (χ1v) is 7.11. The minimum absolute atomic E-state index is 0.0325. The molecule has 25 heavy (non-hydrogen) atoms. The van der Waals surface area contributed by atoms with Gasteiger partial charge in [0.25, 0.3) is 0 Å². The zero-order valence-corrected chi connectivity index (χ0v) is 14.6. The van der Waals surface area contributed by atoms with Crippen molar-refractivity contribution in [1.82, 2.24) is 10.6 Å². The van der Waals surface area contributed by atoms with E-state index < -0.39 is 11.9 Å². The number of carbonyl (C=O) groups is 4. The van der Waals surface area contributed by atoms with Gasteiger partial charge in [-0.1, -0.05) is 26.3 Å². The molecule has 0 aliphatic heterocycles. The van der Waals surface area contributed by atoms with Crippen LogP contribution in [0, 0.1) is 0 Å². The van der Waals surface area contributed by atoms with Gasteiger partial charge in [-0.3, -0.25) is 9.59 Å². The first kappa shape index (κ1) is 24.1. The molecular formula is C17H24N2O6. The number of rotatable bonds is 9. The molecule has 0 bridgehead atoms. The molecule has 0 unspecified atom stereocenters. The van der Waals surface area contributed by atoms with Crippen molar-refractivity contribution in [3.8, 4) is 0 Å². The second kappa shape index (κ2) is 14.4. The van der Waals surface area contributed by atoms with E-state index in [0.29, 0.717) is 11.1 Å². The van der Waals surface area contributed by atoms with Gasteiger partial charge >= 0.3 is 11.9 Å². The van der Waals surface area contributed by atoms with Gasteiger partial charge in [-0.05, 0) is 26.0 Å². The van der Waals surface area contributed by atoms with Crippen molar-refractivity contribution in [1.29, 1.82) is 0 Å². The van der Waals surface area contributed by atoms with E-state index in [2.05, 4.69) is 46.4 Å². The van der Waals surface area contributed by atoms with E-state index in [9.17, 15) is 19.2 Å². The maximum atomic E-state index is 10.8. The SMILES string of the molecule is C=C(C)C(=O)OCCOC(=O)C(=C)C.C=CC(=O)NCNC(=O)C=C. The fraction of sp³-hybridized carbons (Fsp3) is 0.294. The normalized spacial score (nSPS) is 8.56. The summed E-state index contributed by atoms with van der Waals surface area (Å²) >= 11 is 0. The zero-order chi connectivity index (χ0) is 19.8. The van der Waals surface area contributed by atoms with Crippen molar-refractivity contribution in [2.75, 3.05) is 19.9 Å². The van der Waals surface area contributed by atoms with E-state index >= 15 is 0 Å². The van der Waals surface area contributed by atoms with Gasteiger partial charge in [0.15, 0.2) is 0 Å². The van der Waals surface area contributed by atoms with Crippen LogP contribution < -0.4 is 10.6 Å². The number of esters is 2. The molecule has 138 valence electrons. The average Bonchev–Trinajstić information content (AvgIpc) is 2.57. The van der Waals surface area contributed by atoms with Gasteiger partial charge in [0.2, 0.25) is 11.8 Å². The molecule has 0 saturated heterocycles. The lowest BCUT2D eigenvalue weighted by atomic mass is 10.4. The van der Waals surface area contributed by atoms with Gasteiger partial charge in [0.1, 0.15) is 13.2 Å². The van der Waals surface area contributed by atoms with Crippen LogP contribution in [0.25, 0.3) is 0 Å². The molecule has 0 heterocycles. The minimum Gasteiger partial charge on any atom is -0.459 e. The molecule has 0 fully saturated rings. The molecule has 0 saturated carbocycles. The largest absolute Gasteiger partial charge is 0.459 e. The third kappa shape index (κ3) is 15.5. The van der Waals surface area contributed by atoms with Gasteiger partial charge in [-0.25, -0.2) is 9.59 Å². The van der Waals surface area contributed by atoms with Crippen LogP contribution in [0.5, 0.6) is 0 Å². The lowest BCUT2D eigenvalue weighted by molar-refractivity contribution is -0.147. The summed E-state index contributed by atoms with van der Waals surface area (Å²) in [6.45, 7) is 16.5. The molecule has 0 aromatic heterocycles. The monoisotopic (exact) mass is 352 g/mol. The van der Waals surface area contributed by atoms with E-state index in [1.54, 1.807) is 13.8 Å². The molecule has 0 aromatic carbocycles. The highest BCUT2D eigenvalue weighted by molar-refractivity contribution is 5.89. The third-order valence-corrected chi connectivity index (χ3v) is 2.14. The maximum absolute atomic E-state index is 10.8. The van der Waals surface area contributed by atoms with Crippen molar-refractivity contribution in [3.05, 3.63) is 49.6 Å². The highest BCUT2D eigenvalue weighted by Crippen LogP contribution is 1.94. The van der Waals surface area contributed by atoms with Crippen LogP contribution in [-0.4, -0.2) is 43.6 Å².